The summed E-state index contributed by atoms with van der Waals surface area (Å²) in [6.07, 6.45) is -0.731. The molecule has 1 aliphatic rings. The van der Waals surface area contributed by atoms with E-state index in [1.54, 1.807) is 24.0 Å². The summed E-state index contributed by atoms with van der Waals surface area (Å²) in [4.78, 5) is 15.1. The fraction of sp³-hybridized carbons (Fsp3) is 0.500. The minimum absolute atomic E-state index is 0.0364. The van der Waals surface area contributed by atoms with E-state index in [0.717, 1.165) is 11.1 Å². The molecule has 1 aromatic rings. The Balaban J connectivity index is 2.13. The molecule has 0 aromatic heterocycles. The van der Waals surface area contributed by atoms with Crippen molar-refractivity contribution in [3.05, 3.63) is 29.3 Å². The lowest BCUT2D eigenvalue weighted by molar-refractivity contribution is 0.126. The molecule has 1 saturated heterocycles. The molecule has 104 valence electrons. The molecular weight excluding hydrogens is 244 g/mol. The number of hydrogen-bond acceptors (Lipinski definition) is 3. The van der Waals surface area contributed by atoms with Gasteiger partial charge in [0, 0.05) is 25.7 Å². The van der Waals surface area contributed by atoms with Gasteiger partial charge in [0.1, 0.15) is 11.9 Å². The molecule has 1 aliphatic heterocycles. The molecule has 0 spiro atoms. The highest BCUT2D eigenvalue weighted by atomic mass is 16.5. The number of aryl methyl sites for hydroxylation is 1. The number of amides is 2. The van der Waals surface area contributed by atoms with Gasteiger partial charge in [-0.25, -0.2) is 4.79 Å². The summed E-state index contributed by atoms with van der Waals surface area (Å²) in [7, 11) is 3.34. The summed E-state index contributed by atoms with van der Waals surface area (Å²) in [5, 5.41) is 10.3. The Hall–Kier alpha value is -1.75. The Morgan fingerprint density at radius 3 is 2.74 bits per heavy atom. The minimum atomic E-state index is -0.731. The second kappa shape index (κ2) is 5.48. The molecule has 19 heavy (non-hydrogen) atoms. The third-order valence-corrected chi connectivity index (χ3v) is 3.44. The van der Waals surface area contributed by atoms with Crippen LogP contribution < -0.4 is 4.74 Å². The highest BCUT2D eigenvalue weighted by Gasteiger charge is 2.28. The van der Waals surface area contributed by atoms with E-state index in [1.165, 1.54) is 0 Å². The lowest BCUT2D eigenvalue weighted by Gasteiger charge is -2.21. The highest BCUT2D eigenvalue weighted by Crippen LogP contribution is 2.27. The smallest absolute Gasteiger partial charge is 0.319 e. The van der Waals surface area contributed by atoms with Crippen LogP contribution in [0.3, 0.4) is 0 Å². The van der Waals surface area contributed by atoms with E-state index < -0.39 is 6.10 Å². The van der Waals surface area contributed by atoms with Crippen molar-refractivity contribution >= 4 is 6.03 Å². The third-order valence-electron chi connectivity index (χ3n) is 3.44. The SMILES string of the molecule is COc1ccc(C)cc1C(O)CN1CCN(C)C1=O. The van der Waals surface area contributed by atoms with Crippen LogP contribution in [0.15, 0.2) is 18.2 Å². The second-order valence-corrected chi connectivity index (χ2v) is 4.91. The van der Waals surface area contributed by atoms with Gasteiger partial charge in [0.25, 0.3) is 0 Å². The molecular formula is C14H20N2O3. The maximum atomic E-state index is 11.8. The van der Waals surface area contributed by atoms with Crippen LogP contribution in [0.2, 0.25) is 0 Å². The Bertz CT molecular complexity index is 476. The summed E-state index contributed by atoms with van der Waals surface area (Å²) >= 11 is 0. The number of aliphatic hydroxyl groups excluding tert-OH is 1. The first-order chi connectivity index (χ1) is 9.02. The van der Waals surface area contributed by atoms with Crippen molar-refractivity contribution in [1.29, 1.82) is 0 Å². The van der Waals surface area contributed by atoms with Gasteiger partial charge in [0.15, 0.2) is 0 Å². The van der Waals surface area contributed by atoms with Crippen molar-refractivity contribution in [2.75, 3.05) is 33.8 Å². The van der Waals surface area contributed by atoms with E-state index in [9.17, 15) is 9.90 Å². The van der Waals surface area contributed by atoms with Crippen LogP contribution in [-0.4, -0.2) is 54.7 Å². The quantitative estimate of drug-likeness (QED) is 0.894. The minimum Gasteiger partial charge on any atom is -0.496 e. The number of ether oxygens (including phenoxy) is 1. The molecule has 1 unspecified atom stereocenters. The number of nitrogens with zero attached hydrogens (tertiary/aromatic N) is 2. The average Bonchev–Trinajstić information content (AvgIpc) is 2.70. The monoisotopic (exact) mass is 264 g/mol. The highest BCUT2D eigenvalue weighted by molar-refractivity contribution is 5.76. The topological polar surface area (TPSA) is 53.0 Å². The van der Waals surface area contributed by atoms with Gasteiger partial charge in [0.05, 0.1) is 13.7 Å². The van der Waals surface area contributed by atoms with Crippen LogP contribution in [-0.2, 0) is 0 Å². The number of urea groups is 1. The zero-order chi connectivity index (χ0) is 14.0. The van der Waals surface area contributed by atoms with Gasteiger partial charge in [-0.1, -0.05) is 11.6 Å². The van der Waals surface area contributed by atoms with Crippen molar-refractivity contribution in [1.82, 2.24) is 9.80 Å². The van der Waals surface area contributed by atoms with Gasteiger partial charge >= 0.3 is 6.03 Å². The first-order valence-electron chi connectivity index (χ1n) is 6.35. The number of hydrogen-bond donors (Lipinski definition) is 1. The van der Waals surface area contributed by atoms with Crippen molar-refractivity contribution in [2.45, 2.75) is 13.0 Å². The van der Waals surface area contributed by atoms with Gasteiger partial charge in [-0.3, -0.25) is 0 Å². The zero-order valence-electron chi connectivity index (χ0n) is 11.6. The van der Waals surface area contributed by atoms with Crippen molar-refractivity contribution < 1.29 is 14.6 Å². The van der Waals surface area contributed by atoms with E-state index in [1.807, 2.05) is 25.1 Å². The molecule has 2 amide bonds. The van der Waals surface area contributed by atoms with Crippen LogP contribution in [0.1, 0.15) is 17.2 Å². The molecule has 0 radical (unpaired) electrons. The number of methoxy groups -OCH3 is 1. The number of aliphatic hydroxyl groups is 1. The average molecular weight is 264 g/mol. The summed E-state index contributed by atoms with van der Waals surface area (Å²) in [5.41, 5.74) is 1.78. The number of rotatable bonds is 4. The van der Waals surface area contributed by atoms with Crippen LogP contribution >= 0.6 is 0 Å². The van der Waals surface area contributed by atoms with Crippen molar-refractivity contribution in [2.24, 2.45) is 0 Å². The Kier molecular flexibility index (Phi) is 3.95. The lowest BCUT2D eigenvalue weighted by atomic mass is 10.0. The maximum Gasteiger partial charge on any atom is 0.319 e. The number of carbonyl (C=O) groups excluding carboxylic acids is 1. The van der Waals surface area contributed by atoms with Crippen LogP contribution in [0, 0.1) is 6.92 Å². The lowest BCUT2D eigenvalue weighted by Crippen LogP contribution is -2.33. The molecule has 0 bridgehead atoms. The summed E-state index contributed by atoms with van der Waals surface area (Å²) in [6, 6.07) is 5.63. The Labute approximate surface area is 113 Å². The number of likely N-dealkylation sites (N-methyl/N-ethyl adjacent to an activating group) is 1. The largest absolute Gasteiger partial charge is 0.496 e. The summed E-state index contributed by atoms with van der Waals surface area (Å²) in [6.45, 7) is 3.62. The first-order valence-corrected chi connectivity index (χ1v) is 6.35. The van der Waals surface area contributed by atoms with E-state index >= 15 is 0 Å². The summed E-state index contributed by atoms with van der Waals surface area (Å²) < 4.78 is 5.26. The maximum absolute atomic E-state index is 11.8. The molecule has 1 aromatic carbocycles. The van der Waals surface area contributed by atoms with Crippen molar-refractivity contribution in [3.8, 4) is 5.75 Å². The number of carbonyl (C=O) groups is 1. The van der Waals surface area contributed by atoms with Gasteiger partial charge in [0.2, 0.25) is 0 Å². The normalized spacial score (nSPS) is 16.9. The fourth-order valence-electron chi connectivity index (χ4n) is 2.29. The molecule has 5 nitrogen and oxygen atoms in total. The second-order valence-electron chi connectivity index (χ2n) is 4.91. The van der Waals surface area contributed by atoms with Gasteiger partial charge in [-0.05, 0) is 19.1 Å². The number of β-amino-alcohol motifs (C(OH)–C–C–N with tert-alkyl or cyclic N) is 1. The predicted molar refractivity (Wildman–Crippen MR) is 72.3 cm³/mol. The fourth-order valence-corrected chi connectivity index (χ4v) is 2.29. The van der Waals surface area contributed by atoms with E-state index in [-0.39, 0.29) is 6.03 Å². The van der Waals surface area contributed by atoms with E-state index in [2.05, 4.69) is 0 Å². The molecule has 1 N–H and O–H groups in total. The molecule has 1 fully saturated rings. The zero-order valence-corrected chi connectivity index (χ0v) is 11.6. The molecule has 5 heteroatoms. The van der Waals surface area contributed by atoms with E-state index in [0.29, 0.717) is 25.4 Å². The molecule has 0 aliphatic carbocycles. The standard InChI is InChI=1S/C14H20N2O3/c1-10-4-5-13(19-3)11(8-10)12(17)9-16-7-6-15(2)14(16)18/h4-5,8,12,17H,6-7,9H2,1-3H3. The van der Waals surface area contributed by atoms with Crippen LogP contribution in [0.4, 0.5) is 4.79 Å². The molecule has 1 atom stereocenters. The first kappa shape index (κ1) is 13.7. The van der Waals surface area contributed by atoms with Gasteiger partial charge < -0.3 is 19.6 Å². The molecule has 1 heterocycles. The Morgan fingerprint density at radius 1 is 1.42 bits per heavy atom. The van der Waals surface area contributed by atoms with Crippen molar-refractivity contribution in [3.63, 3.8) is 0 Å². The van der Waals surface area contributed by atoms with Gasteiger partial charge in [-0.15, -0.1) is 0 Å². The van der Waals surface area contributed by atoms with Crippen LogP contribution in [0.25, 0.3) is 0 Å². The number of benzene rings is 1. The van der Waals surface area contributed by atoms with E-state index in [4.69, 9.17) is 4.74 Å². The van der Waals surface area contributed by atoms with Gasteiger partial charge in [-0.2, -0.15) is 0 Å². The Morgan fingerprint density at radius 2 is 2.16 bits per heavy atom. The van der Waals surface area contributed by atoms with Crippen LogP contribution in [0.5, 0.6) is 5.75 Å². The summed E-state index contributed by atoms with van der Waals surface area (Å²) in [5.74, 6) is 0.651. The predicted octanol–water partition coefficient (Wildman–Crippen LogP) is 1.40. The third kappa shape index (κ3) is 2.81. The molecule has 2 rings (SSSR count). The molecule has 0 saturated carbocycles.